The molecule has 0 aromatic carbocycles. The Bertz CT molecular complexity index is 390. The summed E-state index contributed by atoms with van der Waals surface area (Å²) in [6, 6.07) is 0. The third-order valence-corrected chi connectivity index (χ3v) is 10.9. The van der Waals surface area contributed by atoms with E-state index in [-0.39, 0.29) is 32.7 Å². The van der Waals surface area contributed by atoms with E-state index in [4.69, 9.17) is 32.7 Å². The average molecular weight is 516 g/mol. The molecule has 2 atom stereocenters. The standard InChI is InChI=1S/2C7H15O2PS2.Zn/c2*1-3-5-7-12-10(8,11)9-6-4-2;/h2*4H,2-3,5-7H2,1H3,(H,8,11);/q;;+2/p-2. The predicted octanol–water partition coefficient (Wildman–Crippen LogP) is 4.61. The van der Waals surface area contributed by atoms with E-state index in [0.29, 0.717) is 0 Å². The summed E-state index contributed by atoms with van der Waals surface area (Å²) in [5, 5.41) is 0. The number of hydrogen-bond donors (Lipinski definition) is 0. The van der Waals surface area contributed by atoms with Crippen LogP contribution in [0.5, 0.6) is 0 Å². The summed E-state index contributed by atoms with van der Waals surface area (Å²) in [5.41, 5.74) is -5.62. The van der Waals surface area contributed by atoms with Crippen molar-refractivity contribution in [3.8, 4) is 0 Å². The van der Waals surface area contributed by atoms with Crippen LogP contribution in [0.25, 0.3) is 0 Å². The van der Waals surface area contributed by atoms with E-state index in [0.717, 1.165) is 37.2 Å². The smallest absolute Gasteiger partial charge is 0.793 e. The molecule has 0 radical (unpaired) electrons. The minimum atomic E-state index is -2.81. The van der Waals surface area contributed by atoms with Gasteiger partial charge >= 0.3 is 19.5 Å². The van der Waals surface area contributed by atoms with Crippen LogP contribution in [0.3, 0.4) is 0 Å². The Morgan fingerprint density at radius 2 is 1.20 bits per heavy atom. The van der Waals surface area contributed by atoms with E-state index in [1.807, 2.05) is 0 Å². The van der Waals surface area contributed by atoms with Crippen molar-refractivity contribution < 1.29 is 38.3 Å². The van der Waals surface area contributed by atoms with Gasteiger partial charge in [0.25, 0.3) is 0 Å². The Morgan fingerprint density at radius 3 is 1.44 bits per heavy atom. The Morgan fingerprint density at radius 1 is 0.880 bits per heavy atom. The fraction of sp³-hybridized carbons (Fsp3) is 0.714. The quantitative estimate of drug-likeness (QED) is 0.144. The zero-order chi connectivity index (χ0) is 18.9. The number of hydrogen-bond acceptors (Lipinski definition) is 8. The molecule has 0 rings (SSSR count). The molecule has 0 aromatic rings. The van der Waals surface area contributed by atoms with E-state index < -0.39 is 11.4 Å². The molecule has 11 heteroatoms. The van der Waals surface area contributed by atoms with Gasteiger partial charge in [0.2, 0.25) is 0 Å². The molecule has 0 aromatic heterocycles. The Kier molecular flexibility index (Phi) is 26.2. The SMILES string of the molecule is C=CCOP([O-])(=S)SCCCC.C=CCOP([O-])(=S)SCCCC.[Zn+2]. The Labute approximate surface area is 184 Å². The molecule has 0 saturated heterocycles. The first-order valence-electron chi connectivity index (χ1n) is 7.66. The fourth-order valence-electron chi connectivity index (χ4n) is 1.00. The average Bonchev–Trinajstić information content (AvgIpc) is 2.52. The van der Waals surface area contributed by atoms with Crippen molar-refractivity contribution in [1.29, 1.82) is 0 Å². The van der Waals surface area contributed by atoms with Crippen LogP contribution in [0, 0.1) is 0 Å². The normalized spacial score (nSPS) is 14.9. The molecular weight excluding hydrogens is 488 g/mol. The van der Waals surface area contributed by atoms with Gasteiger partial charge in [-0.15, -0.1) is 35.9 Å². The van der Waals surface area contributed by atoms with E-state index in [1.54, 1.807) is 12.2 Å². The molecule has 0 aliphatic rings. The van der Waals surface area contributed by atoms with E-state index >= 15 is 0 Å². The van der Waals surface area contributed by atoms with Crippen LogP contribution in [0.2, 0.25) is 0 Å². The maximum absolute atomic E-state index is 11.4. The molecule has 0 aliphatic carbocycles. The van der Waals surface area contributed by atoms with Crippen LogP contribution in [-0.4, -0.2) is 24.7 Å². The van der Waals surface area contributed by atoms with Gasteiger partial charge in [0.1, 0.15) is 0 Å². The van der Waals surface area contributed by atoms with Crippen LogP contribution in [0.4, 0.5) is 0 Å². The fourth-order valence-corrected chi connectivity index (χ4v) is 7.65. The van der Waals surface area contributed by atoms with E-state index in [9.17, 15) is 9.79 Å². The van der Waals surface area contributed by atoms with Gasteiger partial charge in [-0.05, 0) is 24.3 Å². The molecule has 25 heavy (non-hydrogen) atoms. The monoisotopic (exact) mass is 514 g/mol. The van der Waals surface area contributed by atoms with Crippen molar-refractivity contribution in [2.24, 2.45) is 0 Å². The van der Waals surface area contributed by atoms with Crippen molar-refractivity contribution in [2.45, 2.75) is 39.5 Å². The molecule has 4 nitrogen and oxygen atoms in total. The largest absolute Gasteiger partial charge is 2.00 e. The molecule has 0 N–H and O–H groups in total. The minimum absolute atomic E-state index is 0. The van der Waals surface area contributed by atoms with E-state index in [2.05, 4.69) is 27.0 Å². The van der Waals surface area contributed by atoms with Gasteiger partial charge in [-0.3, -0.25) is 0 Å². The van der Waals surface area contributed by atoms with Gasteiger partial charge in [-0.1, -0.05) is 62.5 Å². The molecule has 0 bridgehead atoms. The summed E-state index contributed by atoms with van der Waals surface area (Å²) in [4.78, 5) is 22.7. The molecule has 144 valence electrons. The minimum Gasteiger partial charge on any atom is -0.793 e. The first-order valence-corrected chi connectivity index (χ1v) is 16.1. The molecule has 2 unspecified atom stereocenters. The zero-order valence-electron chi connectivity index (χ0n) is 15.1. The Hall–Kier alpha value is 1.94. The second kappa shape index (κ2) is 20.7. The van der Waals surface area contributed by atoms with Crippen LogP contribution < -0.4 is 9.79 Å². The van der Waals surface area contributed by atoms with Gasteiger partial charge < -0.3 is 18.8 Å². The molecule has 0 spiro atoms. The maximum Gasteiger partial charge on any atom is 2.00 e. The third-order valence-electron chi connectivity index (χ3n) is 2.20. The first-order chi connectivity index (χ1) is 11.2. The van der Waals surface area contributed by atoms with Crippen LogP contribution >= 0.6 is 34.2 Å². The molecule has 0 saturated carbocycles. The molecule has 0 fully saturated rings. The van der Waals surface area contributed by atoms with Crippen LogP contribution in [-0.2, 0) is 52.1 Å². The molecule has 0 amide bonds. The van der Waals surface area contributed by atoms with Crippen LogP contribution in [0.15, 0.2) is 25.3 Å². The van der Waals surface area contributed by atoms with Gasteiger partial charge in [-0.25, -0.2) is 0 Å². The first kappa shape index (κ1) is 31.6. The molecule has 0 heterocycles. The van der Waals surface area contributed by atoms with Gasteiger partial charge in [0, 0.05) is 11.4 Å². The van der Waals surface area contributed by atoms with Crippen molar-refractivity contribution in [3.63, 3.8) is 0 Å². The molecule has 0 aliphatic heterocycles. The second-order valence-electron chi connectivity index (χ2n) is 4.44. The third kappa shape index (κ3) is 25.9. The topological polar surface area (TPSA) is 64.6 Å². The Balaban J connectivity index is -0.000000372. The summed E-state index contributed by atoms with van der Waals surface area (Å²) in [6.07, 6.45) is 7.34. The summed E-state index contributed by atoms with van der Waals surface area (Å²) in [7, 11) is 0. The number of rotatable bonds is 14. The summed E-state index contributed by atoms with van der Waals surface area (Å²) >= 11 is 12.0. The van der Waals surface area contributed by atoms with Gasteiger partial charge in [0.15, 0.2) is 0 Å². The molecular formula is C14H28O4P2S4Zn. The summed E-state index contributed by atoms with van der Waals surface area (Å²) in [6.45, 7) is 11.6. The van der Waals surface area contributed by atoms with Crippen LogP contribution in [0.1, 0.15) is 39.5 Å². The zero-order valence-corrected chi connectivity index (χ0v) is 23.1. The summed E-state index contributed by atoms with van der Waals surface area (Å²) < 4.78 is 9.88. The van der Waals surface area contributed by atoms with Crippen molar-refractivity contribution >= 4 is 57.8 Å². The van der Waals surface area contributed by atoms with Gasteiger partial charge in [0.05, 0.1) is 13.2 Å². The van der Waals surface area contributed by atoms with E-state index in [1.165, 1.54) is 22.8 Å². The van der Waals surface area contributed by atoms with Crippen molar-refractivity contribution in [2.75, 3.05) is 24.7 Å². The van der Waals surface area contributed by atoms with Crippen molar-refractivity contribution in [3.05, 3.63) is 25.3 Å². The predicted molar refractivity (Wildman–Crippen MR) is 116 cm³/mol. The van der Waals surface area contributed by atoms with Crippen molar-refractivity contribution in [1.82, 2.24) is 0 Å². The van der Waals surface area contributed by atoms with Gasteiger partial charge in [-0.2, -0.15) is 0 Å². The summed E-state index contributed by atoms with van der Waals surface area (Å²) in [5.74, 6) is 1.63. The maximum atomic E-state index is 11.4. The second-order valence-corrected chi connectivity index (χ2v) is 16.8. The number of unbranched alkanes of at least 4 members (excludes halogenated alkanes) is 2.